The van der Waals surface area contributed by atoms with Crippen molar-refractivity contribution in [2.45, 2.75) is 0 Å². The summed E-state index contributed by atoms with van der Waals surface area (Å²) >= 11 is 0. The molecule has 0 bridgehead atoms. The zero-order valence-electron chi connectivity index (χ0n) is 4.45. The SMILES string of the molecule is O=S(=O)(O)O.OOB(O)O. The summed E-state index contributed by atoms with van der Waals surface area (Å²) in [5, 5.41) is 22.0. The Balaban J connectivity index is 0. The van der Waals surface area contributed by atoms with Gasteiger partial charge in [-0.3, -0.25) is 14.4 Å². The van der Waals surface area contributed by atoms with Gasteiger partial charge in [0.1, 0.15) is 0 Å². The molecule has 10 heteroatoms. The van der Waals surface area contributed by atoms with Gasteiger partial charge in [0.25, 0.3) is 0 Å². The Labute approximate surface area is 56.4 Å². The summed E-state index contributed by atoms with van der Waals surface area (Å²) in [6.07, 6.45) is 0. The quantitative estimate of drug-likeness (QED) is 0.131. The molecule has 10 heavy (non-hydrogen) atoms. The van der Waals surface area contributed by atoms with Gasteiger partial charge in [-0.1, -0.05) is 0 Å². The van der Waals surface area contributed by atoms with Crippen LogP contribution in [0.3, 0.4) is 0 Å². The van der Waals surface area contributed by atoms with Gasteiger partial charge in [0.15, 0.2) is 0 Å². The molecule has 0 aliphatic rings. The third-order valence-corrected chi connectivity index (χ3v) is 0.0943. The second kappa shape index (κ2) is 5.55. The van der Waals surface area contributed by atoms with Gasteiger partial charge >= 0.3 is 17.7 Å². The predicted octanol–water partition coefficient (Wildman–Crippen LogP) is -2.21. The van der Waals surface area contributed by atoms with Crippen LogP contribution in [-0.2, 0) is 15.2 Å². The number of hydrogen-bond donors (Lipinski definition) is 5. The Morgan fingerprint density at radius 1 is 1.20 bits per heavy atom. The van der Waals surface area contributed by atoms with Gasteiger partial charge in [-0.15, -0.1) is 0 Å². The minimum absolute atomic E-state index is 2.06. The first-order valence-electron chi connectivity index (χ1n) is 1.63. The van der Waals surface area contributed by atoms with Crippen molar-refractivity contribution in [3.05, 3.63) is 0 Å². The maximum Gasteiger partial charge on any atom is 0.662 e. The van der Waals surface area contributed by atoms with E-state index < -0.39 is 17.7 Å². The van der Waals surface area contributed by atoms with Crippen LogP contribution in [0.5, 0.6) is 0 Å². The van der Waals surface area contributed by atoms with Crippen molar-refractivity contribution in [2.24, 2.45) is 0 Å². The summed E-state index contributed by atoms with van der Waals surface area (Å²) in [5.74, 6) is 0. The average Bonchev–Trinajstić information content (AvgIpc) is 1.61. The van der Waals surface area contributed by atoms with Gasteiger partial charge in [-0.2, -0.15) is 8.42 Å². The normalized spacial score (nSPS) is 9.70. The molecule has 0 fully saturated rings. The highest BCUT2D eigenvalue weighted by Gasteiger charge is 2.03. The van der Waals surface area contributed by atoms with Crippen molar-refractivity contribution in [3.63, 3.8) is 0 Å². The van der Waals surface area contributed by atoms with E-state index >= 15 is 0 Å². The molecule has 0 atom stereocenters. The van der Waals surface area contributed by atoms with Gasteiger partial charge in [0.2, 0.25) is 0 Å². The predicted molar refractivity (Wildman–Crippen MR) is 28.1 cm³/mol. The molecule has 8 nitrogen and oxygen atoms in total. The third kappa shape index (κ3) is 113. The first kappa shape index (κ1) is 12.5. The summed E-state index contributed by atoms with van der Waals surface area (Å²) in [5.41, 5.74) is 0. The first-order chi connectivity index (χ1) is 4.27. The number of rotatable bonds is 1. The van der Waals surface area contributed by atoms with Crippen LogP contribution < -0.4 is 0 Å². The largest absolute Gasteiger partial charge is 0.662 e. The van der Waals surface area contributed by atoms with E-state index in [1.807, 2.05) is 0 Å². The summed E-state index contributed by atoms with van der Waals surface area (Å²) in [6.45, 7) is 0. The van der Waals surface area contributed by atoms with Crippen molar-refractivity contribution in [2.75, 3.05) is 0 Å². The highest BCUT2D eigenvalue weighted by Crippen LogP contribution is 1.59. The monoisotopic (exact) mass is 176 g/mol. The lowest BCUT2D eigenvalue weighted by molar-refractivity contribution is -0.173. The minimum Gasteiger partial charge on any atom is -0.400 e. The van der Waals surface area contributed by atoms with E-state index in [0.29, 0.717) is 0 Å². The second-order valence-corrected chi connectivity index (χ2v) is 1.78. The molecule has 0 aliphatic heterocycles. The van der Waals surface area contributed by atoms with Crippen LogP contribution in [0.2, 0.25) is 0 Å². The summed E-state index contributed by atoms with van der Waals surface area (Å²) in [4.78, 5) is 2.86. The minimum atomic E-state index is -4.67. The molecule has 0 unspecified atom stereocenters. The van der Waals surface area contributed by atoms with Crippen molar-refractivity contribution >= 4 is 17.7 Å². The molecule has 5 N–H and O–H groups in total. The Hall–Kier alpha value is -0.225. The van der Waals surface area contributed by atoms with Gasteiger partial charge in [0.05, 0.1) is 0 Å². The van der Waals surface area contributed by atoms with Crippen LogP contribution in [0.4, 0.5) is 0 Å². The highest BCUT2D eigenvalue weighted by molar-refractivity contribution is 7.79. The van der Waals surface area contributed by atoms with Crippen LogP contribution in [-0.4, -0.2) is 40.1 Å². The second-order valence-electron chi connectivity index (χ2n) is 0.880. The molecular weight excluding hydrogens is 171 g/mol. The lowest BCUT2D eigenvalue weighted by atomic mass is 10.3. The summed E-state index contributed by atoms with van der Waals surface area (Å²) < 4.78 is 31.6. The maximum atomic E-state index is 8.74. The molecular formula is H5BO8S. The van der Waals surface area contributed by atoms with Crippen LogP contribution >= 0.6 is 0 Å². The van der Waals surface area contributed by atoms with Crippen LogP contribution in [0.1, 0.15) is 0 Å². The summed E-state index contributed by atoms with van der Waals surface area (Å²) in [7, 11) is -6.73. The van der Waals surface area contributed by atoms with Crippen molar-refractivity contribution in [1.29, 1.82) is 0 Å². The fourth-order valence-corrected chi connectivity index (χ4v) is 0. The Morgan fingerprint density at radius 3 is 1.30 bits per heavy atom. The van der Waals surface area contributed by atoms with E-state index in [4.69, 9.17) is 32.8 Å². The molecule has 0 aromatic carbocycles. The smallest absolute Gasteiger partial charge is 0.400 e. The van der Waals surface area contributed by atoms with Crippen molar-refractivity contribution in [1.82, 2.24) is 0 Å². The standard InChI is InChI=1S/BH3O4.H2O4S/c2-1(3)5-4;1-5(2,3)4/h2-4H;(H2,1,2,3,4). The van der Waals surface area contributed by atoms with Gasteiger partial charge in [-0.25, -0.2) is 4.81 Å². The number of hydrogen-bond acceptors (Lipinski definition) is 6. The van der Waals surface area contributed by atoms with Crippen LogP contribution in [0.25, 0.3) is 0 Å². The van der Waals surface area contributed by atoms with Crippen LogP contribution in [0.15, 0.2) is 0 Å². The summed E-state index contributed by atoms with van der Waals surface area (Å²) in [6, 6.07) is 0. The molecule has 0 amide bonds. The average molecular weight is 176 g/mol. The first-order valence-corrected chi connectivity index (χ1v) is 3.03. The lowest BCUT2D eigenvalue weighted by Gasteiger charge is -1.82. The van der Waals surface area contributed by atoms with Crippen molar-refractivity contribution < 1.29 is 37.6 Å². The molecule has 0 aromatic rings. The van der Waals surface area contributed by atoms with E-state index in [-0.39, 0.29) is 0 Å². The maximum absolute atomic E-state index is 8.74. The molecule has 0 saturated carbocycles. The lowest BCUT2D eigenvalue weighted by Crippen LogP contribution is -2.13. The molecule has 62 valence electrons. The third-order valence-electron chi connectivity index (χ3n) is 0.0943. The molecule has 0 aromatic heterocycles. The van der Waals surface area contributed by atoms with Crippen LogP contribution in [0, 0.1) is 0 Å². The van der Waals surface area contributed by atoms with E-state index in [1.54, 1.807) is 0 Å². The van der Waals surface area contributed by atoms with Gasteiger partial charge in [0, 0.05) is 0 Å². The van der Waals surface area contributed by atoms with E-state index in [0.717, 1.165) is 0 Å². The zero-order chi connectivity index (χ0) is 8.78. The molecule has 0 heterocycles. The van der Waals surface area contributed by atoms with Gasteiger partial charge in [-0.05, 0) is 0 Å². The topological polar surface area (TPSA) is 145 Å². The fourth-order valence-electron chi connectivity index (χ4n) is 0. The van der Waals surface area contributed by atoms with Gasteiger partial charge < -0.3 is 10.0 Å². The molecule has 0 saturated heterocycles. The Kier molecular flexibility index (Phi) is 6.91. The van der Waals surface area contributed by atoms with E-state index in [9.17, 15) is 0 Å². The molecule has 0 spiro atoms. The van der Waals surface area contributed by atoms with Crippen molar-refractivity contribution in [3.8, 4) is 0 Å². The zero-order valence-corrected chi connectivity index (χ0v) is 5.26. The highest BCUT2D eigenvalue weighted by atomic mass is 32.3. The Bertz CT molecular complexity index is 135. The Morgan fingerprint density at radius 2 is 1.30 bits per heavy atom. The van der Waals surface area contributed by atoms with E-state index in [1.165, 1.54) is 0 Å². The molecule has 0 aliphatic carbocycles. The molecule has 0 rings (SSSR count). The van der Waals surface area contributed by atoms with E-state index in [2.05, 4.69) is 4.81 Å². The molecule has 0 radical (unpaired) electrons. The fraction of sp³-hybridized carbons (Fsp3) is 0.